The van der Waals surface area contributed by atoms with Crippen molar-refractivity contribution in [3.63, 3.8) is 0 Å². The maximum atomic E-state index is 12.0. The van der Waals surface area contributed by atoms with Crippen molar-refractivity contribution in [2.75, 3.05) is 0 Å². The van der Waals surface area contributed by atoms with Crippen LogP contribution < -0.4 is 10.6 Å². The van der Waals surface area contributed by atoms with Gasteiger partial charge in [0.15, 0.2) is 0 Å². The molecule has 0 spiro atoms. The second-order valence-electron chi connectivity index (χ2n) is 9.56. The molecular formula is C25H37ClN2O2S. The van der Waals surface area contributed by atoms with E-state index < -0.39 is 0 Å². The van der Waals surface area contributed by atoms with Crippen molar-refractivity contribution < 1.29 is 9.59 Å². The number of hydrogen-bond donors (Lipinski definition) is 2. The summed E-state index contributed by atoms with van der Waals surface area (Å²) in [5, 5.41) is 5.97. The SMILES string of the molecule is C[C@@H](NC(c1cccc(CC2SC(=O)NC2=O)c1)C1CCCCC1)C1CCCCC1.Cl. The number of amides is 2. The van der Waals surface area contributed by atoms with E-state index in [-0.39, 0.29) is 28.8 Å². The molecule has 172 valence electrons. The molecule has 1 aromatic carbocycles. The summed E-state index contributed by atoms with van der Waals surface area (Å²) in [5.41, 5.74) is 2.51. The van der Waals surface area contributed by atoms with Crippen LogP contribution in [0.3, 0.4) is 0 Å². The molecule has 2 N–H and O–H groups in total. The molecule has 4 nitrogen and oxygen atoms in total. The minimum Gasteiger partial charge on any atom is -0.307 e. The summed E-state index contributed by atoms with van der Waals surface area (Å²) < 4.78 is 0. The van der Waals surface area contributed by atoms with E-state index in [9.17, 15) is 9.59 Å². The summed E-state index contributed by atoms with van der Waals surface area (Å²) in [4.78, 5) is 23.5. The van der Waals surface area contributed by atoms with Gasteiger partial charge in [0, 0.05) is 12.1 Å². The number of rotatable bonds is 7. The summed E-state index contributed by atoms with van der Waals surface area (Å²) in [6, 6.07) is 9.70. The van der Waals surface area contributed by atoms with E-state index in [0.717, 1.165) is 23.2 Å². The van der Waals surface area contributed by atoms with Crippen LogP contribution in [-0.4, -0.2) is 22.4 Å². The highest BCUT2D eigenvalue weighted by atomic mass is 35.5. The predicted octanol–water partition coefficient (Wildman–Crippen LogP) is 6.18. The lowest BCUT2D eigenvalue weighted by atomic mass is 9.79. The highest BCUT2D eigenvalue weighted by Gasteiger charge is 2.32. The third-order valence-corrected chi connectivity index (χ3v) is 8.40. The fraction of sp³-hybridized carbons (Fsp3) is 0.680. The van der Waals surface area contributed by atoms with Crippen LogP contribution in [0.4, 0.5) is 4.79 Å². The summed E-state index contributed by atoms with van der Waals surface area (Å²) in [6.07, 6.45) is 14.1. The van der Waals surface area contributed by atoms with Crippen molar-refractivity contribution in [1.82, 2.24) is 10.6 Å². The van der Waals surface area contributed by atoms with Crippen molar-refractivity contribution in [2.24, 2.45) is 11.8 Å². The first kappa shape index (κ1) is 24.6. The molecule has 0 radical (unpaired) electrons. The Bertz CT molecular complexity index is 747. The zero-order valence-corrected chi connectivity index (χ0v) is 20.2. The molecule has 3 atom stereocenters. The van der Waals surface area contributed by atoms with E-state index in [1.54, 1.807) is 0 Å². The van der Waals surface area contributed by atoms with Gasteiger partial charge < -0.3 is 5.32 Å². The van der Waals surface area contributed by atoms with Crippen LogP contribution in [0, 0.1) is 11.8 Å². The molecule has 1 aliphatic heterocycles. The Morgan fingerprint density at radius 3 is 2.26 bits per heavy atom. The average Bonchev–Trinajstić information content (AvgIpc) is 3.09. The molecule has 0 bridgehead atoms. The molecule has 31 heavy (non-hydrogen) atoms. The Morgan fingerprint density at radius 1 is 1.00 bits per heavy atom. The Morgan fingerprint density at radius 2 is 1.65 bits per heavy atom. The van der Waals surface area contributed by atoms with Crippen molar-refractivity contribution in [2.45, 2.75) is 94.9 Å². The van der Waals surface area contributed by atoms with Crippen LogP contribution in [0.25, 0.3) is 0 Å². The summed E-state index contributed by atoms with van der Waals surface area (Å²) in [5.74, 6) is 1.33. The number of nitrogens with one attached hydrogen (secondary N) is 2. The molecule has 1 saturated heterocycles. The molecule has 2 aliphatic carbocycles. The zero-order chi connectivity index (χ0) is 20.9. The number of benzene rings is 1. The van der Waals surface area contributed by atoms with Crippen molar-refractivity contribution in [1.29, 1.82) is 0 Å². The van der Waals surface area contributed by atoms with Gasteiger partial charge in [-0.25, -0.2) is 0 Å². The van der Waals surface area contributed by atoms with Gasteiger partial charge in [0.05, 0.1) is 5.25 Å². The van der Waals surface area contributed by atoms with Gasteiger partial charge in [0.1, 0.15) is 0 Å². The Hall–Kier alpha value is -1.04. The van der Waals surface area contributed by atoms with E-state index in [0.29, 0.717) is 24.4 Å². The molecule has 4 rings (SSSR count). The number of imide groups is 1. The topological polar surface area (TPSA) is 58.2 Å². The third kappa shape index (κ3) is 6.49. The molecule has 1 heterocycles. The molecule has 6 heteroatoms. The number of hydrogen-bond acceptors (Lipinski definition) is 4. The number of carbonyl (C=O) groups excluding carboxylic acids is 2. The maximum Gasteiger partial charge on any atom is 0.286 e. The molecule has 0 aromatic heterocycles. The number of carbonyl (C=O) groups is 2. The monoisotopic (exact) mass is 464 g/mol. The molecule has 1 aromatic rings. The average molecular weight is 465 g/mol. The van der Waals surface area contributed by atoms with Gasteiger partial charge in [-0.05, 0) is 62.0 Å². The first-order valence-corrected chi connectivity index (χ1v) is 12.8. The fourth-order valence-corrected chi connectivity index (χ4v) is 6.54. The zero-order valence-electron chi connectivity index (χ0n) is 18.6. The largest absolute Gasteiger partial charge is 0.307 e. The van der Waals surface area contributed by atoms with Gasteiger partial charge in [-0.2, -0.15) is 0 Å². The number of halogens is 1. The second kappa shape index (κ2) is 11.7. The van der Waals surface area contributed by atoms with Gasteiger partial charge >= 0.3 is 0 Å². The first-order chi connectivity index (χ1) is 14.6. The summed E-state index contributed by atoms with van der Waals surface area (Å²) in [7, 11) is 0. The second-order valence-corrected chi connectivity index (χ2v) is 10.7. The molecule has 3 aliphatic rings. The van der Waals surface area contributed by atoms with E-state index in [1.807, 2.05) is 0 Å². The predicted molar refractivity (Wildman–Crippen MR) is 131 cm³/mol. The molecule has 2 saturated carbocycles. The van der Waals surface area contributed by atoms with Crippen LogP contribution in [0.2, 0.25) is 0 Å². The van der Waals surface area contributed by atoms with E-state index in [2.05, 4.69) is 41.8 Å². The fourth-order valence-electron chi connectivity index (χ4n) is 5.68. The van der Waals surface area contributed by atoms with E-state index in [1.165, 1.54) is 69.8 Å². The van der Waals surface area contributed by atoms with Gasteiger partial charge in [-0.3, -0.25) is 14.9 Å². The quantitative estimate of drug-likeness (QED) is 0.505. The van der Waals surface area contributed by atoms with Crippen LogP contribution in [0.15, 0.2) is 24.3 Å². The minimum absolute atomic E-state index is 0. The number of thioether (sulfide) groups is 1. The molecule has 3 fully saturated rings. The molecular weight excluding hydrogens is 428 g/mol. The van der Waals surface area contributed by atoms with Crippen LogP contribution in [0.1, 0.15) is 88.3 Å². The van der Waals surface area contributed by atoms with E-state index in [4.69, 9.17) is 0 Å². The minimum atomic E-state index is -0.296. The van der Waals surface area contributed by atoms with Gasteiger partial charge in [-0.15, -0.1) is 12.4 Å². The lowest BCUT2D eigenvalue weighted by molar-refractivity contribution is -0.118. The van der Waals surface area contributed by atoms with Crippen molar-refractivity contribution >= 4 is 35.3 Å². The van der Waals surface area contributed by atoms with Crippen LogP contribution in [0.5, 0.6) is 0 Å². The highest BCUT2D eigenvalue weighted by Crippen LogP contribution is 2.37. The summed E-state index contributed by atoms with van der Waals surface area (Å²) >= 11 is 1.13. The van der Waals surface area contributed by atoms with Crippen molar-refractivity contribution in [3.8, 4) is 0 Å². The van der Waals surface area contributed by atoms with Gasteiger partial charge in [0.2, 0.25) is 5.91 Å². The lowest BCUT2D eigenvalue weighted by Crippen LogP contribution is -2.40. The van der Waals surface area contributed by atoms with Crippen LogP contribution in [-0.2, 0) is 11.2 Å². The normalized spacial score (nSPS) is 25.0. The van der Waals surface area contributed by atoms with Crippen LogP contribution >= 0.6 is 24.2 Å². The maximum absolute atomic E-state index is 12.0. The Kier molecular flexibility index (Phi) is 9.30. The Balaban J connectivity index is 0.00000272. The van der Waals surface area contributed by atoms with Crippen molar-refractivity contribution in [3.05, 3.63) is 35.4 Å². The van der Waals surface area contributed by atoms with E-state index >= 15 is 0 Å². The standard InChI is InChI=1S/C25H36N2O2S.ClH/c1-17(19-10-4-2-5-11-19)26-23(20-12-6-3-7-13-20)21-14-8-9-18(15-21)16-22-24(28)27-25(29)30-22;/h8-9,14-15,17,19-20,22-23,26H,2-7,10-13,16H2,1H3,(H,27,28,29);1H/t17-,22?,23?;/m1./s1. The third-order valence-electron chi connectivity index (χ3n) is 7.42. The van der Waals surface area contributed by atoms with Gasteiger partial charge in [-0.1, -0.05) is 74.6 Å². The molecule has 2 unspecified atom stereocenters. The smallest absolute Gasteiger partial charge is 0.286 e. The Labute approximate surface area is 197 Å². The lowest BCUT2D eigenvalue weighted by Gasteiger charge is -2.37. The highest BCUT2D eigenvalue weighted by molar-refractivity contribution is 8.15. The summed E-state index contributed by atoms with van der Waals surface area (Å²) in [6.45, 7) is 2.39. The first-order valence-electron chi connectivity index (χ1n) is 12.0. The molecule has 2 amide bonds. The van der Waals surface area contributed by atoms with Gasteiger partial charge in [0.25, 0.3) is 5.24 Å².